The molecule has 1 amide bonds. The molecule has 2 heterocycles. The average molecular weight is 459 g/mol. The van der Waals surface area contributed by atoms with E-state index in [9.17, 15) is 4.79 Å². The minimum absolute atomic E-state index is 0.0620. The number of allylic oxidation sites excluding steroid dienone is 1. The quantitative estimate of drug-likeness (QED) is 0.442. The summed E-state index contributed by atoms with van der Waals surface area (Å²) in [4.78, 5) is 24.2. The number of aromatic nitrogens is 2. The molecule has 1 aliphatic heterocycles. The van der Waals surface area contributed by atoms with Crippen molar-refractivity contribution in [3.63, 3.8) is 0 Å². The Labute approximate surface area is 198 Å². The van der Waals surface area contributed by atoms with Crippen LogP contribution < -0.4 is 20.3 Å². The lowest BCUT2D eigenvalue weighted by atomic mass is 10.2. The minimum Gasteiger partial charge on any atom is -0.492 e. The van der Waals surface area contributed by atoms with E-state index in [0.717, 1.165) is 5.69 Å². The number of hydrogen-bond acceptors (Lipinski definition) is 8. The van der Waals surface area contributed by atoms with Crippen molar-refractivity contribution in [2.75, 3.05) is 48.9 Å². The molecular formula is C25H26N6O3. The minimum atomic E-state index is -0.444. The first-order valence-electron chi connectivity index (χ1n) is 10.9. The summed E-state index contributed by atoms with van der Waals surface area (Å²) in [7, 11) is 1.44. The lowest BCUT2D eigenvalue weighted by Crippen LogP contribution is -2.38. The number of carbonyl (C=O) groups is 1. The molecule has 3 N–H and O–H groups in total. The zero-order valence-electron chi connectivity index (χ0n) is 18.8. The van der Waals surface area contributed by atoms with Gasteiger partial charge in [0.25, 0.3) is 5.91 Å². The second-order valence-electron chi connectivity index (χ2n) is 7.43. The molecular weight excluding hydrogens is 432 g/mol. The van der Waals surface area contributed by atoms with E-state index >= 15 is 0 Å². The smallest absolute Gasteiger partial charge is 0.278 e. The van der Waals surface area contributed by atoms with E-state index in [4.69, 9.17) is 14.9 Å². The van der Waals surface area contributed by atoms with E-state index in [1.165, 1.54) is 7.11 Å². The highest BCUT2D eigenvalue weighted by atomic mass is 16.5. The zero-order valence-corrected chi connectivity index (χ0v) is 18.8. The van der Waals surface area contributed by atoms with Crippen molar-refractivity contribution in [3.05, 3.63) is 84.3 Å². The van der Waals surface area contributed by atoms with E-state index in [1.54, 1.807) is 24.4 Å². The van der Waals surface area contributed by atoms with Gasteiger partial charge in [0.2, 0.25) is 5.95 Å². The number of morpholine rings is 1. The van der Waals surface area contributed by atoms with Crippen LogP contribution in [0, 0.1) is 5.41 Å². The molecule has 34 heavy (non-hydrogen) atoms. The molecule has 0 saturated carbocycles. The van der Waals surface area contributed by atoms with Crippen molar-refractivity contribution in [3.8, 4) is 5.75 Å². The lowest BCUT2D eigenvalue weighted by molar-refractivity contribution is 0.101. The number of hydrogen-bond donors (Lipinski definition) is 3. The van der Waals surface area contributed by atoms with E-state index < -0.39 is 5.91 Å². The Morgan fingerprint density at radius 3 is 2.26 bits per heavy atom. The Bertz CT molecular complexity index is 1160. The Kier molecular flexibility index (Phi) is 7.46. The van der Waals surface area contributed by atoms with Crippen LogP contribution in [0.2, 0.25) is 0 Å². The molecule has 0 radical (unpaired) electrons. The SMILES string of the molecule is COc1c(C(=N)/C=C\Nc2ccccc2)nc(N2CCOCC2)nc1C(=O)Nc1ccccc1. The first kappa shape index (κ1) is 22.9. The normalized spacial score (nSPS) is 13.5. The van der Waals surface area contributed by atoms with Gasteiger partial charge in [0, 0.05) is 30.7 Å². The highest BCUT2D eigenvalue weighted by molar-refractivity contribution is 6.11. The van der Waals surface area contributed by atoms with Crippen molar-refractivity contribution in [1.29, 1.82) is 5.41 Å². The third-order valence-electron chi connectivity index (χ3n) is 5.13. The maximum absolute atomic E-state index is 13.2. The monoisotopic (exact) mass is 458 g/mol. The van der Waals surface area contributed by atoms with Gasteiger partial charge in [-0.3, -0.25) is 10.2 Å². The van der Waals surface area contributed by atoms with Crippen molar-refractivity contribution in [2.45, 2.75) is 0 Å². The van der Waals surface area contributed by atoms with Gasteiger partial charge in [-0.25, -0.2) is 9.97 Å². The molecule has 0 aliphatic carbocycles. The summed E-state index contributed by atoms with van der Waals surface area (Å²) in [5, 5.41) is 14.6. The van der Waals surface area contributed by atoms with Gasteiger partial charge >= 0.3 is 0 Å². The molecule has 174 valence electrons. The Hall–Kier alpha value is -4.24. The predicted molar refractivity (Wildman–Crippen MR) is 132 cm³/mol. The van der Waals surface area contributed by atoms with Crippen LogP contribution >= 0.6 is 0 Å². The number of carbonyl (C=O) groups excluding carboxylic acids is 1. The fourth-order valence-electron chi connectivity index (χ4n) is 3.42. The number of benzene rings is 2. The number of nitrogens with one attached hydrogen (secondary N) is 3. The molecule has 1 saturated heterocycles. The summed E-state index contributed by atoms with van der Waals surface area (Å²) >= 11 is 0. The first-order chi connectivity index (χ1) is 16.7. The first-order valence-corrected chi connectivity index (χ1v) is 10.9. The summed E-state index contributed by atoms with van der Waals surface area (Å²) in [6, 6.07) is 18.7. The molecule has 4 rings (SSSR count). The molecule has 0 unspecified atom stereocenters. The van der Waals surface area contributed by atoms with Crippen LogP contribution in [-0.4, -0.2) is 55.0 Å². The summed E-state index contributed by atoms with van der Waals surface area (Å²) in [6.45, 7) is 2.25. The number of methoxy groups -OCH3 is 1. The van der Waals surface area contributed by atoms with Gasteiger partial charge in [0.1, 0.15) is 5.69 Å². The van der Waals surface area contributed by atoms with Crippen LogP contribution in [0.25, 0.3) is 0 Å². The van der Waals surface area contributed by atoms with Crippen LogP contribution in [0.15, 0.2) is 72.9 Å². The molecule has 0 spiro atoms. The summed E-state index contributed by atoms with van der Waals surface area (Å²) in [6.07, 6.45) is 3.22. The lowest BCUT2D eigenvalue weighted by Gasteiger charge is -2.27. The molecule has 9 nitrogen and oxygen atoms in total. The molecule has 9 heteroatoms. The van der Waals surface area contributed by atoms with Gasteiger partial charge in [0.05, 0.1) is 26.0 Å². The van der Waals surface area contributed by atoms with E-state index in [1.807, 2.05) is 53.4 Å². The van der Waals surface area contributed by atoms with E-state index in [0.29, 0.717) is 37.9 Å². The van der Waals surface area contributed by atoms with Crippen LogP contribution in [-0.2, 0) is 4.74 Å². The van der Waals surface area contributed by atoms with Gasteiger partial charge in [-0.15, -0.1) is 0 Å². The third-order valence-corrected chi connectivity index (χ3v) is 5.13. The van der Waals surface area contributed by atoms with Gasteiger partial charge in [-0.05, 0) is 30.3 Å². The molecule has 0 bridgehead atoms. The van der Waals surface area contributed by atoms with Crippen molar-refractivity contribution in [2.24, 2.45) is 0 Å². The average Bonchev–Trinajstić information content (AvgIpc) is 2.89. The predicted octanol–water partition coefficient (Wildman–Crippen LogP) is 3.57. The van der Waals surface area contributed by atoms with Crippen molar-refractivity contribution >= 4 is 28.9 Å². The van der Waals surface area contributed by atoms with E-state index in [-0.39, 0.29) is 22.8 Å². The molecule has 3 aromatic rings. The number of anilines is 3. The third kappa shape index (κ3) is 5.57. The number of ether oxygens (including phenoxy) is 2. The summed E-state index contributed by atoms with van der Waals surface area (Å²) in [5.74, 6) is 0.0479. The largest absolute Gasteiger partial charge is 0.492 e. The highest BCUT2D eigenvalue weighted by Gasteiger charge is 2.25. The molecule has 1 aliphatic rings. The molecule has 2 aromatic carbocycles. The van der Waals surface area contributed by atoms with Crippen molar-refractivity contribution in [1.82, 2.24) is 9.97 Å². The molecule has 1 fully saturated rings. The molecule has 1 aromatic heterocycles. The maximum Gasteiger partial charge on any atom is 0.278 e. The number of para-hydroxylation sites is 2. The maximum atomic E-state index is 13.2. The zero-order chi connectivity index (χ0) is 23.8. The molecule has 0 atom stereocenters. The van der Waals surface area contributed by atoms with Gasteiger partial charge < -0.3 is 25.0 Å². The highest BCUT2D eigenvalue weighted by Crippen LogP contribution is 2.26. The van der Waals surface area contributed by atoms with Gasteiger partial charge in [0.15, 0.2) is 11.4 Å². The standard InChI is InChI=1S/C25H26N6O3/c1-33-23-21(20(26)12-13-27-18-8-4-2-5-9-18)29-25(31-14-16-34-17-15-31)30-22(23)24(32)28-19-10-6-3-7-11-19/h2-13,26-27H,14-17H2,1H3,(H,28,32)/b13-12-,26-20?. The van der Waals surface area contributed by atoms with Gasteiger partial charge in [-0.1, -0.05) is 36.4 Å². The summed E-state index contributed by atoms with van der Waals surface area (Å²) < 4.78 is 11.0. The summed E-state index contributed by atoms with van der Waals surface area (Å²) in [5.41, 5.74) is 1.88. The van der Waals surface area contributed by atoms with Crippen molar-refractivity contribution < 1.29 is 14.3 Å². The van der Waals surface area contributed by atoms with E-state index in [2.05, 4.69) is 20.6 Å². The van der Waals surface area contributed by atoms with Crippen LogP contribution in [0.4, 0.5) is 17.3 Å². The Balaban J connectivity index is 1.67. The second kappa shape index (κ2) is 11.1. The number of amides is 1. The van der Waals surface area contributed by atoms with Crippen LogP contribution in [0.1, 0.15) is 16.2 Å². The van der Waals surface area contributed by atoms with Gasteiger partial charge in [-0.2, -0.15) is 0 Å². The second-order valence-corrected chi connectivity index (χ2v) is 7.43. The fraction of sp³-hybridized carbons (Fsp3) is 0.200. The van der Waals surface area contributed by atoms with Crippen LogP contribution in [0.3, 0.4) is 0 Å². The number of nitrogens with zero attached hydrogens (tertiary/aromatic N) is 3. The Morgan fingerprint density at radius 1 is 1.00 bits per heavy atom. The van der Waals surface area contributed by atoms with Crippen LogP contribution in [0.5, 0.6) is 5.75 Å². The Morgan fingerprint density at radius 2 is 1.62 bits per heavy atom. The number of rotatable bonds is 8. The fourth-order valence-corrected chi connectivity index (χ4v) is 3.42. The topological polar surface area (TPSA) is 112 Å².